The third-order valence-electron chi connectivity index (χ3n) is 4.22. The van der Waals surface area contributed by atoms with E-state index in [1.54, 1.807) is 24.7 Å². The van der Waals surface area contributed by atoms with E-state index >= 15 is 0 Å². The zero-order chi connectivity index (χ0) is 17.6. The molecule has 0 unspecified atom stereocenters. The summed E-state index contributed by atoms with van der Waals surface area (Å²) < 4.78 is 0. The molecule has 25 heavy (non-hydrogen) atoms. The van der Waals surface area contributed by atoms with Gasteiger partial charge >= 0.3 is 0 Å². The van der Waals surface area contributed by atoms with Crippen LogP contribution in [-0.2, 0) is 6.42 Å². The van der Waals surface area contributed by atoms with Crippen LogP contribution in [0.5, 0.6) is 0 Å². The number of nitrogens with zero attached hydrogens (tertiary/aromatic N) is 2. The second-order valence-electron chi connectivity index (χ2n) is 5.96. The number of carbonyl (C=O) groups excluding carboxylic acids is 1. The van der Waals surface area contributed by atoms with Gasteiger partial charge in [-0.15, -0.1) is 0 Å². The summed E-state index contributed by atoms with van der Waals surface area (Å²) in [4.78, 5) is 20.9. The highest BCUT2D eigenvalue weighted by atomic mass is 16.1. The summed E-state index contributed by atoms with van der Waals surface area (Å²) in [6, 6.07) is 15.7. The molecule has 126 valence electrons. The largest absolute Gasteiger partial charge is 0.345 e. The van der Waals surface area contributed by atoms with Gasteiger partial charge in [-0.1, -0.05) is 31.2 Å². The van der Waals surface area contributed by atoms with Crippen molar-refractivity contribution in [3.8, 4) is 11.3 Å². The number of benzene rings is 1. The Morgan fingerprint density at radius 3 is 2.48 bits per heavy atom. The number of pyridine rings is 2. The van der Waals surface area contributed by atoms with Crippen LogP contribution in [0.2, 0.25) is 0 Å². The standard InChI is InChI=1S/C21H21N3O/c1-3-16-6-8-17(9-7-16)15(2)24-21(25)19-10-11-20(23-14-19)18-5-4-12-22-13-18/h4-15H,3H2,1-2H3,(H,24,25)/t15-/m0/s1. The van der Waals surface area contributed by atoms with Crippen molar-refractivity contribution in [1.29, 1.82) is 0 Å². The van der Waals surface area contributed by atoms with Crippen molar-refractivity contribution in [1.82, 2.24) is 15.3 Å². The molecule has 0 spiro atoms. The Labute approximate surface area is 148 Å². The lowest BCUT2D eigenvalue weighted by atomic mass is 10.0. The molecule has 0 saturated heterocycles. The summed E-state index contributed by atoms with van der Waals surface area (Å²) in [5.74, 6) is -0.127. The highest BCUT2D eigenvalue weighted by molar-refractivity contribution is 5.94. The minimum absolute atomic E-state index is 0.0589. The molecule has 1 atom stereocenters. The predicted molar refractivity (Wildman–Crippen MR) is 99.2 cm³/mol. The van der Waals surface area contributed by atoms with Crippen LogP contribution in [0.15, 0.2) is 67.1 Å². The van der Waals surface area contributed by atoms with E-state index in [0.717, 1.165) is 23.2 Å². The van der Waals surface area contributed by atoms with E-state index in [1.165, 1.54) is 5.56 Å². The number of carbonyl (C=O) groups is 1. The topological polar surface area (TPSA) is 54.9 Å². The molecular weight excluding hydrogens is 310 g/mol. The van der Waals surface area contributed by atoms with Crippen LogP contribution in [0.1, 0.15) is 41.4 Å². The molecular formula is C21H21N3O. The van der Waals surface area contributed by atoms with Gasteiger partial charge < -0.3 is 5.32 Å². The summed E-state index contributed by atoms with van der Waals surface area (Å²) in [5, 5.41) is 3.02. The van der Waals surface area contributed by atoms with Gasteiger partial charge in [0, 0.05) is 24.2 Å². The summed E-state index contributed by atoms with van der Waals surface area (Å²) in [6.07, 6.45) is 6.09. The van der Waals surface area contributed by atoms with Crippen LogP contribution in [-0.4, -0.2) is 15.9 Å². The quantitative estimate of drug-likeness (QED) is 0.762. The molecule has 3 rings (SSSR count). The maximum atomic E-state index is 12.4. The Morgan fingerprint density at radius 1 is 1.08 bits per heavy atom. The van der Waals surface area contributed by atoms with Crippen LogP contribution >= 0.6 is 0 Å². The average Bonchev–Trinajstić information content (AvgIpc) is 2.68. The third-order valence-corrected chi connectivity index (χ3v) is 4.22. The Bertz CT molecular complexity index is 827. The zero-order valence-corrected chi connectivity index (χ0v) is 14.4. The van der Waals surface area contributed by atoms with Crippen LogP contribution in [0, 0.1) is 0 Å². The lowest BCUT2D eigenvalue weighted by Crippen LogP contribution is -2.26. The second-order valence-corrected chi connectivity index (χ2v) is 5.96. The minimum Gasteiger partial charge on any atom is -0.345 e. The van der Waals surface area contributed by atoms with Crippen molar-refractivity contribution < 1.29 is 4.79 Å². The predicted octanol–water partition coefficient (Wildman–Crippen LogP) is 4.20. The molecule has 0 aliphatic carbocycles. The SMILES string of the molecule is CCc1ccc([C@H](C)NC(=O)c2ccc(-c3cccnc3)nc2)cc1. The van der Waals surface area contributed by atoms with Crippen LogP contribution in [0.4, 0.5) is 0 Å². The van der Waals surface area contributed by atoms with E-state index in [0.29, 0.717) is 5.56 Å². The molecule has 2 aromatic heterocycles. The molecule has 1 amide bonds. The number of rotatable bonds is 5. The number of hydrogen-bond acceptors (Lipinski definition) is 3. The smallest absolute Gasteiger partial charge is 0.253 e. The van der Waals surface area contributed by atoms with Crippen molar-refractivity contribution in [3.05, 3.63) is 83.8 Å². The van der Waals surface area contributed by atoms with Gasteiger partial charge in [0.25, 0.3) is 5.91 Å². The second kappa shape index (κ2) is 7.71. The first kappa shape index (κ1) is 16.8. The van der Waals surface area contributed by atoms with E-state index in [1.807, 2.05) is 25.1 Å². The Kier molecular flexibility index (Phi) is 5.19. The number of aryl methyl sites for hydroxylation is 1. The van der Waals surface area contributed by atoms with Gasteiger partial charge in [-0.2, -0.15) is 0 Å². The van der Waals surface area contributed by atoms with Gasteiger partial charge in [-0.25, -0.2) is 0 Å². The highest BCUT2D eigenvalue weighted by Crippen LogP contribution is 2.17. The molecule has 4 heteroatoms. The lowest BCUT2D eigenvalue weighted by Gasteiger charge is -2.15. The summed E-state index contributed by atoms with van der Waals surface area (Å²) in [6.45, 7) is 4.11. The van der Waals surface area contributed by atoms with Gasteiger partial charge in [0.05, 0.1) is 17.3 Å². The molecule has 0 bridgehead atoms. The third kappa shape index (κ3) is 4.10. The van der Waals surface area contributed by atoms with Crippen LogP contribution in [0.3, 0.4) is 0 Å². The number of nitrogens with one attached hydrogen (secondary N) is 1. The molecule has 0 fully saturated rings. The molecule has 0 radical (unpaired) electrons. The maximum Gasteiger partial charge on any atom is 0.253 e. The summed E-state index contributed by atoms with van der Waals surface area (Å²) in [7, 11) is 0. The summed E-state index contributed by atoms with van der Waals surface area (Å²) in [5.41, 5.74) is 4.65. The van der Waals surface area contributed by atoms with E-state index in [4.69, 9.17) is 0 Å². The molecule has 2 heterocycles. The van der Waals surface area contributed by atoms with Crippen molar-refractivity contribution in [2.75, 3.05) is 0 Å². The van der Waals surface area contributed by atoms with Gasteiger partial charge in [-0.3, -0.25) is 14.8 Å². The number of aromatic nitrogens is 2. The maximum absolute atomic E-state index is 12.4. The highest BCUT2D eigenvalue weighted by Gasteiger charge is 2.12. The average molecular weight is 331 g/mol. The van der Waals surface area contributed by atoms with Crippen molar-refractivity contribution in [2.24, 2.45) is 0 Å². The monoisotopic (exact) mass is 331 g/mol. The Balaban J connectivity index is 1.68. The van der Waals surface area contributed by atoms with Gasteiger partial charge in [0.2, 0.25) is 0 Å². The van der Waals surface area contributed by atoms with Crippen LogP contribution < -0.4 is 5.32 Å². The van der Waals surface area contributed by atoms with Crippen molar-refractivity contribution in [2.45, 2.75) is 26.3 Å². The fourth-order valence-electron chi connectivity index (χ4n) is 2.62. The van der Waals surface area contributed by atoms with Crippen molar-refractivity contribution >= 4 is 5.91 Å². The van der Waals surface area contributed by atoms with Gasteiger partial charge in [0.1, 0.15) is 0 Å². The van der Waals surface area contributed by atoms with Gasteiger partial charge in [0.15, 0.2) is 0 Å². The fourth-order valence-corrected chi connectivity index (χ4v) is 2.62. The summed E-state index contributed by atoms with van der Waals surface area (Å²) >= 11 is 0. The normalized spacial score (nSPS) is 11.8. The molecule has 4 nitrogen and oxygen atoms in total. The van der Waals surface area contributed by atoms with E-state index in [-0.39, 0.29) is 11.9 Å². The molecule has 0 aliphatic rings. The van der Waals surface area contributed by atoms with Gasteiger partial charge in [-0.05, 0) is 48.7 Å². The zero-order valence-electron chi connectivity index (χ0n) is 14.4. The molecule has 1 N–H and O–H groups in total. The Hall–Kier alpha value is -3.01. The molecule has 0 aliphatic heterocycles. The first-order valence-corrected chi connectivity index (χ1v) is 8.43. The fraction of sp³-hybridized carbons (Fsp3) is 0.190. The first-order chi connectivity index (χ1) is 12.2. The van der Waals surface area contributed by atoms with E-state index in [9.17, 15) is 4.79 Å². The lowest BCUT2D eigenvalue weighted by molar-refractivity contribution is 0.0939. The number of hydrogen-bond donors (Lipinski definition) is 1. The Morgan fingerprint density at radius 2 is 1.88 bits per heavy atom. The van der Waals surface area contributed by atoms with Crippen LogP contribution in [0.25, 0.3) is 11.3 Å². The van der Waals surface area contributed by atoms with E-state index < -0.39 is 0 Å². The molecule has 1 aromatic carbocycles. The molecule has 0 saturated carbocycles. The van der Waals surface area contributed by atoms with E-state index in [2.05, 4.69) is 46.5 Å². The number of amides is 1. The minimum atomic E-state index is -0.127. The van der Waals surface area contributed by atoms with Crippen molar-refractivity contribution in [3.63, 3.8) is 0 Å². The molecule has 3 aromatic rings. The first-order valence-electron chi connectivity index (χ1n) is 8.43.